The number of carbonyl (C=O) groups excluding carboxylic acids is 2. The standard InChI is InChI=1S/C34H29F4N5O4/c35-20-6-11-23(26(19-20)34(36,37)38)32(45)41-22-9-7-21(8-10-22)40-27-12-13-39-31-30(27)25-4-1-3-24(29(25)33(46)42-31)28(44)5-2-14-43-15-17-47-18-16-43/h1,3-4,6-13,19H,2,5,14-18H2,(H,41,45)(H2,39,40,42,46). The average Bonchev–Trinajstić information content (AvgIpc) is 3.05. The summed E-state index contributed by atoms with van der Waals surface area (Å²) < 4.78 is 59.0. The van der Waals surface area contributed by atoms with E-state index in [1.165, 1.54) is 18.3 Å². The van der Waals surface area contributed by atoms with Crippen molar-refractivity contribution in [3.05, 3.63) is 106 Å². The molecular formula is C34H29F4N5O4. The van der Waals surface area contributed by atoms with Crippen LogP contribution in [0.5, 0.6) is 0 Å². The van der Waals surface area contributed by atoms with Crippen molar-refractivity contribution < 1.29 is 31.9 Å². The largest absolute Gasteiger partial charge is 0.417 e. The van der Waals surface area contributed by atoms with Crippen molar-refractivity contribution in [1.29, 1.82) is 0 Å². The number of nitrogens with zero attached hydrogens (tertiary/aromatic N) is 2. The van der Waals surface area contributed by atoms with Gasteiger partial charge in [0.05, 0.1) is 35.4 Å². The predicted octanol–water partition coefficient (Wildman–Crippen LogP) is 6.53. The predicted molar refractivity (Wildman–Crippen MR) is 170 cm³/mol. The van der Waals surface area contributed by atoms with Gasteiger partial charge in [-0.25, -0.2) is 9.37 Å². The van der Waals surface area contributed by atoms with Crippen molar-refractivity contribution in [1.82, 2.24) is 14.9 Å². The van der Waals surface area contributed by atoms with Gasteiger partial charge in [-0.15, -0.1) is 0 Å². The quantitative estimate of drug-likeness (QED) is 0.0947. The second kappa shape index (κ2) is 13.3. The van der Waals surface area contributed by atoms with Crippen molar-refractivity contribution in [2.24, 2.45) is 0 Å². The number of fused-ring (bicyclic) bond motifs is 3. The fourth-order valence-corrected chi connectivity index (χ4v) is 5.70. The molecule has 3 N–H and O–H groups in total. The van der Waals surface area contributed by atoms with E-state index in [9.17, 15) is 31.9 Å². The highest BCUT2D eigenvalue weighted by molar-refractivity contribution is 6.17. The van der Waals surface area contributed by atoms with Crippen molar-refractivity contribution >= 4 is 50.6 Å². The highest BCUT2D eigenvalue weighted by atomic mass is 19.4. The molecule has 0 unspecified atom stereocenters. The maximum Gasteiger partial charge on any atom is 0.417 e. The van der Waals surface area contributed by atoms with Crippen LogP contribution in [0.1, 0.15) is 39.1 Å². The van der Waals surface area contributed by atoms with Crippen LogP contribution in [-0.2, 0) is 10.9 Å². The third kappa shape index (κ3) is 7.00. The molecule has 0 atom stereocenters. The second-order valence-electron chi connectivity index (χ2n) is 11.1. The molecule has 2 aromatic heterocycles. The van der Waals surface area contributed by atoms with Crippen molar-refractivity contribution in [3.8, 4) is 0 Å². The molecule has 0 bridgehead atoms. The van der Waals surface area contributed by atoms with E-state index in [1.54, 1.807) is 36.4 Å². The minimum atomic E-state index is -4.92. The highest BCUT2D eigenvalue weighted by Crippen LogP contribution is 2.34. The number of H-pyrrole nitrogens is 1. The Labute approximate surface area is 265 Å². The fraction of sp³-hybridized carbons (Fsp3) is 0.235. The van der Waals surface area contributed by atoms with Gasteiger partial charge in [0.2, 0.25) is 0 Å². The monoisotopic (exact) mass is 647 g/mol. The summed E-state index contributed by atoms with van der Waals surface area (Å²) in [4.78, 5) is 48.6. The number of nitrogens with one attached hydrogen (secondary N) is 3. The van der Waals surface area contributed by atoms with Crippen LogP contribution >= 0.6 is 0 Å². The van der Waals surface area contributed by atoms with E-state index in [-0.39, 0.29) is 29.3 Å². The lowest BCUT2D eigenvalue weighted by Gasteiger charge is -2.26. The van der Waals surface area contributed by atoms with Gasteiger partial charge < -0.3 is 20.4 Å². The molecule has 1 aliphatic rings. The Balaban J connectivity index is 1.23. The van der Waals surface area contributed by atoms with E-state index >= 15 is 0 Å². The van der Waals surface area contributed by atoms with E-state index in [1.807, 2.05) is 0 Å². The van der Waals surface area contributed by atoms with Crippen molar-refractivity contribution in [2.75, 3.05) is 43.5 Å². The number of morpholine rings is 1. The SMILES string of the molecule is O=C(Nc1ccc(Nc2ccnc3[nH]c(=O)c4c(C(=O)CCCN5CCOCC5)cccc4c23)cc1)c1ccc(F)cc1C(F)(F)F. The number of halogens is 4. The molecule has 1 saturated heterocycles. The van der Waals surface area contributed by atoms with Crippen LogP contribution < -0.4 is 16.2 Å². The first-order chi connectivity index (χ1) is 22.6. The summed E-state index contributed by atoms with van der Waals surface area (Å²) in [5, 5.41) is 7.07. The summed E-state index contributed by atoms with van der Waals surface area (Å²) in [6, 6.07) is 14.9. The lowest BCUT2D eigenvalue weighted by molar-refractivity contribution is -0.138. The Bertz CT molecular complexity index is 2020. The van der Waals surface area contributed by atoms with Gasteiger partial charge in [-0.05, 0) is 61.5 Å². The first-order valence-corrected chi connectivity index (χ1v) is 14.9. The molecule has 0 aliphatic carbocycles. The molecule has 242 valence electrons. The van der Waals surface area contributed by atoms with Gasteiger partial charge in [0, 0.05) is 53.4 Å². The number of hydrogen-bond donors (Lipinski definition) is 3. The number of benzene rings is 3. The molecule has 3 heterocycles. The molecule has 3 aromatic carbocycles. The van der Waals surface area contributed by atoms with Crippen LogP contribution in [0.4, 0.5) is 34.6 Å². The minimum absolute atomic E-state index is 0.132. The lowest BCUT2D eigenvalue weighted by atomic mass is 9.98. The van der Waals surface area contributed by atoms with Crippen molar-refractivity contribution in [2.45, 2.75) is 19.0 Å². The molecule has 13 heteroatoms. The summed E-state index contributed by atoms with van der Waals surface area (Å²) >= 11 is 0. The number of pyridine rings is 2. The summed E-state index contributed by atoms with van der Waals surface area (Å²) in [6.45, 7) is 3.77. The van der Waals surface area contributed by atoms with Gasteiger partial charge in [0.15, 0.2) is 5.78 Å². The molecule has 1 aliphatic heterocycles. The highest BCUT2D eigenvalue weighted by Gasteiger charge is 2.35. The Hall–Kier alpha value is -5.14. The molecule has 1 amide bonds. The summed E-state index contributed by atoms with van der Waals surface area (Å²) in [5.74, 6) is -2.28. The van der Waals surface area contributed by atoms with Crippen LogP contribution in [0, 0.1) is 5.82 Å². The molecule has 9 nitrogen and oxygen atoms in total. The van der Waals surface area contributed by atoms with E-state index in [0.717, 1.165) is 31.8 Å². The first-order valence-electron chi connectivity index (χ1n) is 14.9. The number of aromatic amines is 1. The normalized spacial score (nSPS) is 14.0. The van der Waals surface area contributed by atoms with E-state index < -0.39 is 34.6 Å². The topological polar surface area (TPSA) is 116 Å². The summed E-state index contributed by atoms with van der Waals surface area (Å²) in [5.41, 5.74) is -0.519. The van der Waals surface area contributed by atoms with Gasteiger partial charge in [-0.1, -0.05) is 18.2 Å². The zero-order valence-corrected chi connectivity index (χ0v) is 24.9. The molecule has 1 fully saturated rings. The first kappa shape index (κ1) is 31.8. The lowest BCUT2D eigenvalue weighted by Crippen LogP contribution is -2.36. The number of amides is 1. The van der Waals surface area contributed by atoms with Gasteiger partial charge in [-0.2, -0.15) is 13.2 Å². The molecule has 0 radical (unpaired) electrons. The third-order valence-electron chi connectivity index (χ3n) is 7.98. The van der Waals surface area contributed by atoms with Crippen LogP contribution in [0.15, 0.2) is 77.7 Å². The van der Waals surface area contributed by atoms with E-state index in [4.69, 9.17) is 4.74 Å². The molecular weight excluding hydrogens is 618 g/mol. The van der Waals surface area contributed by atoms with Gasteiger partial charge in [-0.3, -0.25) is 19.3 Å². The maximum absolute atomic E-state index is 13.5. The Morgan fingerprint density at radius 1 is 0.936 bits per heavy atom. The number of carbonyl (C=O) groups is 2. The average molecular weight is 648 g/mol. The van der Waals surface area contributed by atoms with Gasteiger partial charge >= 0.3 is 6.18 Å². The number of anilines is 3. The van der Waals surface area contributed by atoms with E-state index in [0.29, 0.717) is 53.0 Å². The number of hydrogen-bond acceptors (Lipinski definition) is 7. The zero-order chi connectivity index (χ0) is 33.1. The smallest absolute Gasteiger partial charge is 0.379 e. The van der Waals surface area contributed by atoms with Crippen molar-refractivity contribution in [3.63, 3.8) is 0 Å². The van der Waals surface area contributed by atoms with Crippen LogP contribution in [0.3, 0.4) is 0 Å². The minimum Gasteiger partial charge on any atom is -0.379 e. The number of alkyl halides is 3. The van der Waals surface area contributed by atoms with Crippen LogP contribution in [-0.4, -0.2) is 59.4 Å². The Morgan fingerprint density at radius 2 is 1.68 bits per heavy atom. The van der Waals surface area contributed by atoms with Gasteiger partial charge in [0.25, 0.3) is 11.5 Å². The zero-order valence-electron chi connectivity index (χ0n) is 24.9. The number of rotatable bonds is 9. The summed E-state index contributed by atoms with van der Waals surface area (Å²) in [6.07, 6.45) is -2.46. The molecule has 0 spiro atoms. The number of Topliss-reactive ketones (excluding diaryl/α,β-unsaturated/α-hetero) is 1. The fourth-order valence-electron chi connectivity index (χ4n) is 5.70. The van der Waals surface area contributed by atoms with Crippen LogP contribution in [0.2, 0.25) is 0 Å². The molecule has 47 heavy (non-hydrogen) atoms. The Kier molecular flexibility index (Phi) is 9.01. The molecule has 5 aromatic rings. The van der Waals surface area contributed by atoms with Crippen LogP contribution in [0.25, 0.3) is 21.8 Å². The Morgan fingerprint density at radius 3 is 2.43 bits per heavy atom. The third-order valence-corrected chi connectivity index (χ3v) is 7.98. The summed E-state index contributed by atoms with van der Waals surface area (Å²) in [7, 11) is 0. The molecule has 6 rings (SSSR count). The number of aromatic nitrogens is 2. The number of ether oxygens (including phenoxy) is 1. The van der Waals surface area contributed by atoms with Gasteiger partial charge in [0.1, 0.15) is 11.5 Å². The number of ketones is 1. The maximum atomic E-state index is 13.5. The second-order valence-corrected chi connectivity index (χ2v) is 11.1. The van der Waals surface area contributed by atoms with E-state index in [2.05, 4.69) is 25.5 Å². The molecule has 0 saturated carbocycles.